The lowest BCUT2D eigenvalue weighted by Gasteiger charge is -2.35. The van der Waals surface area contributed by atoms with Crippen LogP contribution in [0, 0.1) is 0 Å². The molecule has 1 aromatic rings. The highest BCUT2D eigenvalue weighted by atomic mass is 16.6. The van der Waals surface area contributed by atoms with E-state index < -0.39 is 17.2 Å². The summed E-state index contributed by atoms with van der Waals surface area (Å²) in [6.07, 6.45) is 1.62. The first-order valence-electron chi connectivity index (χ1n) is 7.15. The molecule has 116 valence electrons. The number of ether oxygens (including phenoxy) is 1. The van der Waals surface area contributed by atoms with Crippen LogP contribution in [0.15, 0.2) is 30.3 Å². The van der Waals surface area contributed by atoms with Gasteiger partial charge in [-0.25, -0.2) is 4.79 Å². The Bertz CT molecular complexity index is 479. The minimum absolute atomic E-state index is 0.481. The van der Waals surface area contributed by atoms with Gasteiger partial charge < -0.3 is 9.53 Å². The number of nitrogens with zero attached hydrogens (tertiary/aromatic N) is 1. The van der Waals surface area contributed by atoms with Crippen LogP contribution >= 0.6 is 0 Å². The number of benzene rings is 1. The molecule has 0 saturated carbocycles. The van der Waals surface area contributed by atoms with Crippen molar-refractivity contribution in [2.45, 2.75) is 51.7 Å². The van der Waals surface area contributed by atoms with Gasteiger partial charge in [-0.2, -0.15) is 0 Å². The topological polar surface area (TPSA) is 46.6 Å². The lowest BCUT2D eigenvalue weighted by Crippen LogP contribution is -2.50. The van der Waals surface area contributed by atoms with Crippen LogP contribution in [-0.2, 0) is 16.0 Å². The van der Waals surface area contributed by atoms with Crippen LogP contribution in [0.25, 0.3) is 0 Å². The Morgan fingerprint density at radius 1 is 1.19 bits per heavy atom. The van der Waals surface area contributed by atoms with Gasteiger partial charge in [0.05, 0.1) is 5.54 Å². The molecule has 0 saturated heterocycles. The molecule has 0 heterocycles. The quantitative estimate of drug-likeness (QED) is 0.781. The maximum Gasteiger partial charge on any atom is 0.410 e. The van der Waals surface area contributed by atoms with Crippen LogP contribution in [0.4, 0.5) is 4.79 Å². The third-order valence-corrected chi connectivity index (χ3v) is 3.45. The molecule has 0 bridgehead atoms. The average Bonchev–Trinajstić information content (AvgIpc) is 2.43. The van der Waals surface area contributed by atoms with Crippen LogP contribution in [-0.4, -0.2) is 35.5 Å². The standard InChI is InChI=1S/C17H25NO3/c1-16(2,3)21-15(20)18(5)17(4,13-19)12-11-14-9-7-6-8-10-14/h6-10,13H,11-12H2,1-5H3. The second-order valence-corrected chi connectivity index (χ2v) is 6.50. The van der Waals surface area contributed by atoms with Crippen LogP contribution in [0.2, 0.25) is 0 Å². The summed E-state index contributed by atoms with van der Waals surface area (Å²) in [6.45, 7) is 7.18. The Morgan fingerprint density at radius 2 is 1.76 bits per heavy atom. The first-order chi connectivity index (χ1) is 9.68. The van der Waals surface area contributed by atoms with Gasteiger partial charge in [-0.1, -0.05) is 30.3 Å². The largest absolute Gasteiger partial charge is 0.444 e. The molecule has 0 aromatic heterocycles. The number of hydrogen-bond donors (Lipinski definition) is 0. The van der Waals surface area contributed by atoms with Crippen molar-refractivity contribution >= 4 is 12.4 Å². The molecule has 0 aliphatic heterocycles. The van der Waals surface area contributed by atoms with Gasteiger partial charge in [0.15, 0.2) is 0 Å². The maximum atomic E-state index is 12.1. The van der Waals surface area contributed by atoms with Gasteiger partial charge in [0, 0.05) is 7.05 Å². The van der Waals surface area contributed by atoms with Gasteiger partial charge >= 0.3 is 6.09 Å². The number of carbonyl (C=O) groups excluding carboxylic acids is 2. The van der Waals surface area contributed by atoms with Crippen LogP contribution in [0.3, 0.4) is 0 Å². The molecule has 1 aromatic carbocycles. The van der Waals surface area contributed by atoms with E-state index in [0.717, 1.165) is 18.3 Å². The van der Waals surface area contributed by atoms with Crippen molar-refractivity contribution in [3.8, 4) is 0 Å². The summed E-state index contributed by atoms with van der Waals surface area (Å²) in [5, 5.41) is 0. The third-order valence-electron chi connectivity index (χ3n) is 3.45. The molecule has 1 unspecified atom stereocenters. The van der Waals surface area contributed by atoms with Crippen molar-refractivity contribution in [2.75, 3.05) is 7.05 Å². The van der Waals surface area contributed by atoms with E-state index in [4.69, 9.17) is 4.74 Å². The zero-order valence-corrected chi connectivity index (χ0v) is 13.6. The summed E-state index contributed by atoms with van der Waals surface area (Å²) in [7, 11) is 1.60. The van der Waals surface area contributed by atoms with E-state index in [0.29, 0.717) is 6.42 Å². The number of hydrogen-bond acceptors (Lipinski definition) is 3. The minimum atomic E-state index is -0.877. The van der Waals surface area contributed by atoms with Gasteiger partial charge in [-0.3, -0.25) is 4.90 Å². The smallest absolute Gasteiger partial charge is 0.410 e. The Kier molecular flexibility index (Phi) is 5.53. The summed E-state index contributed by atoms with van der Waals surface area (Å²) in [5.74, 6) is 0. The van der Waals surface area contributed by atoms with Gasteiger partial charge in [0.25, 0.3) is 0 Å². The van der Waals surface area contributed by atoms with E-state index in [-0.39, 0.29) is 0 Å². The van der Waals surface area contributed by atoms with Crippen molar-refractivity contribution in [2.24, 2.45) is 0 Å². The molecular formula is C17H25NO3. The predicted molar refractivity (Wildman–Crippen MR) is 83.2 cm³/mol. The molecule has 0 spiro atoms. The second kappa shape index (κ2) is 6.74. The number of aryl methyl sites for hydroxylation is 1. The molecule has 4 heteroatoms. The molecular weight excluding hydrogens is 266 g/mol. The lowest BCUT2D eigenvalue weighted by molar-refractivity contribution is -0.117. The maximum absolute atomic E-state index is 12.1. The number of aldehydes is 1. The molecule has 1 atom stereocenters. The zero-order valence-electron chi connectivity index (χ0n) is 13.6. The number of rotatable bonds is 5. The van der Waals surface area contributed by atoms with E-state index in [1.54, 1.807) is 34.7 Å². The first kappa shape index (κ1) is 17.2. The fraction of sp³-hybridized carbons (Fsp3) is 0.529. The molecule has 21 heavy (non-hydrogen) atoms. The fourth-order valence-electron chi connectivity index (χ4n) is 1.89. The Hall–Kier alpha value is -1.84. The van der Waals surface area contributed by atoms with E-state index >= 15 is 0 Å². The summed E-state index contributed by atoms with van der Waals surface area (Å²) in [5.41, 5.74) is -0.310. The predicted octanol–water partition coefficient (Wildman–Crippen LogP) is 3.44. The highest BCUT2D eigenvalue weighted by Crippen LogP contribution is 2.21. The molecule has 0 radical (unpaired) electrons. The van der Waals surface area contributed by atoms with Crippen LogP contribution < -0.4 is 0 Å². The molecule has 1 rings (SSSR count). The molecule has 0 aliphatic carbocycles. The minimum Gasteiger partial charge on any atom is -0.444 e. The summed E-state index contributed by atoms with van der Waals surface area (Å²) < 4.78 is 5.33. The lowest BCUT2D eigenvalue weighted by atomic mass is 9.93. The Balaban J connectivity index is 2.74. The van der Waals surface area contributed by atoms with E-state index in [1.807, 2.05) is 30.3 Å². The van der Waals surface area contributed by atoms with Gasteiger partial charge in [-0.15, -0.1) is 0 Å². The van der Waals surface area contributed by atoms with Gasteiger partial charge in [0.2, 0.25) is 0 Å². The monoisotopic (exact) mass is 291 g/mol. The van der Waals surface area contributed by atoms with Crippen LogP contribution in [0.1, 0.15) is 39.7 Å². The summed E-state index contributed by atoms with van der Waals surface area (Å²) >= 11 is 0. The van der Waals surface area contributed by atoms with Crippen molar-refractivity contribution in [3.05, 3.63) is 35.9 Å². The molecule has 0 N–H and O–H groups in total. The highest BCUT2D eigenvalue weighted by molar-refractivity contribution is 5.76. The number of amides is 1. The summed E-state index contributed by atoms with van der Waals surface area (Å²) in [6, 6.07) is 9.91. The van der Waals surface area contributed by atoms with Crippen molar-refractivity contribution in [3.63, 3.8) is 0 Å². The molecule has 4 nitrogen and oxygen atoms in total. The fourth-order valence-corrected chi connectivity index (χ4v) is 1.89. The summed E-state index contributed by atoms with van der Waals surface area (Å²) in [4.78, 5) is 25.0. The first-order valence-corrected chi connectivity index (χ1v) is 7.15. The zero-order chi connectivity index (χ0) is 16.1. The number of carbonyl (C=O) groups is 2. The Morgan fingerprint density at radius 3 is 2.24 bits per heavy atom. The number of likely N-dealkylation sites (N-methyl/N-ethyl adjacent to an activating group) is 1. The second-order valence-electron chi connectivity index (χ2n) is 6.50. The highest BCUT2D eigenvalue weighted by Gasteiger charge is 2.34. The van der Waals surface area contributed by atoms with Gasteiger partial charge in [0.1, 0.15) is 11.9 Å². The average molecular weight is 291 g/mol. The van der Waals surface area contributed by atoms with Crippen molar-refractivity contribution in [1.82, 2.24) is 4.90 Å². The molecule has 1 amide bonds. The van der Waals surface area contributed by atoms with Crippen LogP contribution in [0.5, 0.6) is 0 Å². The van der Waals surface area contributed by atoms with Crippen molar-refractivity contribution in [1.29, 1.82) is 0 Å². The molecule has 0 fully saturated rings. The third kappa shape index (κ3) is 5.21. The Labute approximate surface area is 127 Å². The van der Waals surface area contributed by atoms with Crippen molar-refractivity contribution < 1.29 is 14.3 Å². The molecule has 0 aliphatic rings. The van der Waals surface area contributed by atoms with Gasteiger partial charge in [-0.05, 0) is 46.1 Å². The SMILES string of the molecule is CN(C(=O)OC(C)(C)C)C(C)(C=O)CCc1ccccc1. The normalized spacial score (nSPS) is 14.1. The van der Waals surface area contributed by atoms with E-state index in [9.17, 15) is 9.59 Å². The van der Waals surface area contributed by atoms with E-state index in [1.165, 1.54) is 4.90 Å². The van der Waals surface area contributed by atoms with E-state index in [2.05, 4.69) is 0 Å².